The van der Waals surface area contributed by atoms with Gasteiger partial charge in [-0.05, 0) is 37.7 Å². The molecule has 0 aliphatic heterocycles. The summed E-state index contributed by atoms with van der Waals surface area (Å²) in [6, 6.07) is 15.8. The van der Waals surface area contributed by atoms with Crippen LogP contribution in [0.4, 0.5) is 0 Å². The average molecular weight is 303 g/mol. The van der Waals surface area contributed by atoms with Gasteiger partial charge in [-0.3, -0.25) is 4.21 Å². The van der Waals surface area contributed by atoms with Crippen molar-refractivity contribution in [1.82, 2.24) is 5.32 Å². The van der Waals surface area contributed by atoms with Crippen molar-refractivity contribution >= 4 is 10.8 Å². The van der Waals surface area contributed by atoms with E-state index in [2.05, 4.69) is 36.5 Å². The van der Waals surface area contributed by atoms with E-state index in [1.165, 1.54) is 5.56 Å². The number of benzene rings is 2. The SMILES string of the molecule is CNC(CS(=O)c1cccc(OC)c1)c1ccc(C)cc1. The van der Waals surface area contributed by atoms with E-state index in [0.717, 1.165) is 16.2 Å². The van der Waals surface area contributed by atoms with Crippen LogP contribution in [0.1, 0.15) is 17.2 Å². The summed E-state index contributed by atoms with van der Waals surface area (Å²) in [5.41, 5.74) is 2.38. The van der Waals surface area contributed by atoms with Gasteiger partial charge < -0.3 is 10.1 Å². The van der Waals surface area contributed by atoms with Crippen LogP contribution in [0.15, 0.2) is 53.4 Å². The molecule has 112 valence electrons. The predicted octanol–water partition coefficient (Wildman–Crippen LogP) is 3.07. The quantitative estimate of drug-likeness (QED) is 0.891. The highest BCUT2D eigenvalue weighted by Crippen LogP contribution is 2.20. The van der Waals surface area contributed by atoms with Gasteiger partial charge in [0.1, 0.15) is 5.75 Å². The van der Waals surface area contributed by atoms with Crippen LogP contribution >= 0.6 is 0 Å². The monoisotopic (exact) mass is 303 g/mol. The summed E-state index contributed by atoms with van der Waals surface area (Å²) in [6.07, 6.45) is 0. The highest BCUT2D eigenvalue weighted by molar-refractivity contribution is 7.85. The third kappa shape index (κ3) is 4.16. The lowest BCUT2D eigenvalue weighted by Crippen LogP contribution is -2.22. The molecule has 0 radical (unpaired) electrons. The van der Waals surface area contributed by atoms with E-state index in [4.69, 9.17) is 4.74 Å². The van der Waals surface area contributed by atoms with Crippen molar-refractivity contribution in [2.75, 3.05) is 19.9 Å². The molecular weight excluding hydrogens is 282 g/mol. The second-order valence-corrected chi connectivity index (χ2v) is 6.44. The molecule has 1 N–H and O–H groups in total. The summed E-state index contributed by atoms with van der Waals surface area (Å²) in [4.78, 5) is 0.793. The fraction of sp³-hybridized carbons (Fsp3) is 0.294. The van der Waals surface area contributed by atoms with Crippen LogP contribution < -0.4 is 10.1 Å². The summed E-state index contributed by atoms with van der Waals surface area (Å²) in [5.74, 6) is 1.27. The zero-order valence-corrected chi connectivity index (χ0v) is 13.4. The fourth-order valence-electron chi connectivity index (χ4n) is 2.14. The summed E-state index contributed by atoms with van der Waals surface area (Å²) in [5, 5.41) is 3.24. The Morgan fingerprint density at radius 1 is 1.19 bits per heavy atom. The molecule has 21 heavy (non-hydrogen) atoms. The Kier molecular flexibility index (Phi) is 5.53. The smallest absolute Gasteiger partial charge is 0.120 e. The van der Waals surface area contributed by atoms with Gasteiger partial charge in [0.05, 0.1) is 17.9 Å². The van der Waals surface area contributed by atoms with Gasteiger partial charge in [0.25, 0.3) is 0 Å². The molecule has 0 fully saturated rings. The van der Waals surface area contributed by atoms with E-state index in [1.54, 1.807) is 7.11 Å². The van der Waals surface area contributed by atoms with Gasteiger partial charge in [0.2, 0.25) is 0 Å². The zero-order chi connectivity index (χ0) is 15.2. The van der Waals surface area contributed by atoms with Crippen molar-refractivity contribution in [2.45, 2.75) is 17.9 Å². The van der Waals surface area contributed by atoms with Gasteiger partial charge in [-0.15, -0.1) is 0 Å². The zero-order valence-electron chi connectivity index (χ0n) is 12.6. The van der Waals surface area contributed by atoms with Crippen molar-refractivity contribution in [3.8, 4) is 5.75 Å². The van der Waals surface area contributed by atoms with Crippen LogP contribution in [-0.2, 0) is 10.8 Å². The molecular formula is C17H21NO2S. The molecule has 0 saturated carbocycles. The van der Waals surface area contributed by atoms with E-state index in [-0.39, 0.29) is 6.04 Å². The molecule has 2 rings (SSSR count). The van der Waals surface area contributed by atoms with Gasteiger partial charge in [0, 0.05) is 16.7 Å². The number of hydrogen-bond donors (Lipinski definition) is 1. The molecule has 3 nitrogen and oxygen atoms in total. The van der Waals surface area contributed by atoms with Crippen molar-refractivity contribution in [2.24, 2.45) is 0 Å². The minimum Gasteiger partial charge on any atom is -0.497 e. The maximum Gasteiger partial charge on any atom is 0.120 e. The second-order valence-electron chi connectivity index (χ2n) is 4.94. The van der Waals surface area contributed by atoms with Crippen molar-refractivity contribution in [1.29, 1.82) is 0 Å². The lowest BCUT2D eigenvalue weighted by Gasteiger charge is -2.16. The Balaban J connectivity index is 2.14. The van der Waals surface area contributed by atoms with Crippen molar-refractivity contribution in [3.05, 3.63) is 59.7 Å². The summed E-state index contributed by atoms with van der Waals surface area (Å²) >= 11 is 0. The first-order chi connectivity index (χ1) is 10.1. The maximum absolute atomic E-state index is 12.5. The lowest BCUT2D eigenvalue weighted by molar-refractivity contribution is 0.413. The number of aryl methyl sites for hydroxylation is 1. The second kappa shape index (κ2) is 7.38. The van der Waals surface area contributed by atoms with Gasteiger partial charge in [-0.25, -0.2) is 0 Å². The largest absolute Gasteiger partial charge is 0.497 e. The van der Waals surface area contributed by atoms with Crippen LogP contribution in [-0.4, -0.2) is 24.1 Å². The summed E-state index contributed by atoms with van der Waals surface area (Å²) in [6.45, 7) is 2.06. The van der Waals surface area contributed by atoms with E-state index >= 15 is 0 Å². The summed E-state index contributed by atoms with van der Waals surface area (Å²) in [7, 11) is 2.44. The predicted molar refractivity (Wildman–Crippen MR) is 87.2 cm³/mol. The molecule has 2 aromatic rings. The van der Waals surface area contributed by atoms with Gasteiger partial charge in [-0.1, -0.05) is 35.9 Å². The Morgan fingerprint density at radius 2 is 1.90 bits per heavy atom. The number of hydrogen-bond acceptors (Lipinski definition) is 3. The Hall–Kier alpha value is -1.65. The fourth-order valence-corrected chi connectivity index (χ4v) is 3.47. The van der Waals surface area contributed by atoms with E-state index in [9.17, 15) is 4.21 Å². The molecule has 0 bridgehead atoms. The Morgan fingerprint density at radius 3 is 2.52 bits per heavy atom. The third-order valence-electron chi connectivity index (χ3n) is 3.45. The minimum atomic E-state index is -1.07. The van der Waals surface area contributed by atoms with Gasteiger partial charge >= 0.3 is 0 Å². The van der Waals surface area contributed by atoms with Crippen LogP contribution in [0.25, 0.3) is 0 Å². The molecule has 0 spiro atoms. The molecule has 0 aromatic heterocycles. The molecule has 2 aromatic carbocycles. The number of nitrogens with one attached hydrogen (secondary N) is 1. The molecule has 0 aliphatic rings. The average Bonchev–Trinajstić information content (AvgIpc) is 2.53. The molecule has 0 saturated heterocycles. The van der Waals surface area contributed by atoms with Gasteiger partial charge in [0.15, 0.2) is 0 Å². The number of methoxy groups -OCH3 is 1. The molecule has 2 unspecified atom stereocenters. The first kappa shape index (κ1) is 15.7. The topological polar surface area (TPSA) is 38.3 Å². The highest BCUT2D eigenvalue weighted by Gasteiger charge is 2.14. The standard InChI is InChI=1S/C17H21NO2S/c1-13-7-9-14(10-8-13)17(18-2)12-21(19)16-6-4-5-15(11-16)20-3/h4-11,17-18H,12H2,1-3H3. The van der Waals surface area contributed by atoms with E-state index in [0.29, 0.717) is 5.75 Å². The number of ether oxygens (including phenoxy) is 1. The first-order valence-electron chi connectivity index (χ1n) is 6.90. The third-order valence-corrected chi connectivity index (χ3v) is 4.87. The highest BCUT2D eigenvalue weighted by atomic mass is 32.2. The molecule has 0 aliphatic carbocycles. The molecule has 0 heterocycles. The lowest BCUT2D eigenvalue weighted by atomic mass is 10.1. The summed E-state index contributed by atoms with van der Waals surface area (Å²) < 4.78 is 17.7. The van der Waals surface area contributed by atoms with Gasteiger partial charge in [-0.2, -0.15) is 0 Å². The first-order valence-corrected chi connectivity index (χ1v) is 8.22. The van der Waals surface area contributed by atoms with Crippen LogP contribution in [0.3, 0.4) is 0 Å². The normalized spacial score (nSPS) is 13.7. The Bertz CT molecular complexity index is 610. The van der Waals surface area contributed by atoms with Crippen LogP contribution in [0, 0.1) is 6.92 Å². The van der Waals surface area contributed by atoms with Crippen molar-refractivity contribution < 1.29 is 8.95 Å². The molecule has 4 heteroatoms. The van der Waals surface area contributed by atoms with Crippen LogP contribution in [0.2, 0.25) is 0 Å². The molecule has 0 amide bonds. The minimum absolute atomic E-state index is 0.0673. The van der Waals surface area contributed by atoms with Crippen molar-refractivity contribution in [3.63, 3.8) is 0 Å². The molecule has 2 atom stereocenters. The maximum atomic E-state index is 12.5. The van der Waals surface area contributed by atoms with E-state index in [1.807, 2.05) is 31.3 Å². The van der Waals surface area contributed by atoms with E-state index < -0.39 is 10.8 Å². The number of rotatable bonds is 6. The van der Waals surface area contributed by atoms with Crippen LogP contribution in [0.5, 0.6) is 5.75 Å². The Labute approximate surface area is 128 Å².